The molecule has 1 amide bonds. The summed E-state index contributed by atoms with van der Waals surface area (Å²) in [4.78, 5) is 26.7. The Morgan fingerprint density at radius 1 is 1.07 bits per heavy atom. The average molecular weight is 630 g/mol. The summed E-state index contributed by atoms with van der Waals surface area (Å²) < 4.78 is 42.5. The van der Waals surface area contributed by atoms with E-state index in [2.05, 4.69) is 22.0 Å². The molecule has 0 radical (unpaired) electrons. The molecule has 1 saturated heterocycles. The summed E-state index contributed by atoms with van der Waals surface area (Å²) >= 11 is 0. The van der Waals surface area contributed by atoms with Gasteiger partial charge >= 0.3 is 6.55 Å². The predicted molar refractivity (Wildman–Crippen MR) is 170 cm³/mol. The van der Waals surface area contributed by atoms with Gasteiger partial charge in [0.15, 0.2) is 11.5 Å². The van der Waals surface area contributed by atoms with Crippen LogP contribution in [0.1, 0.15) is 30.5 Å². The van der Waals surface area contributed by atoms with E-state index in [1.165, 1.54) is 18.3 Å². The molecule has 5 aromatic rings. The number of nitrogens with zero attached hydrogens (tertiary/aromatic N) is 7. The number of nitrogens with one attached hydrogen (secondary N) is 1. The molecule has 4 aromatic heterocycles. The van der Waals surface area contributed by atoms with Crippen LogP contribution in [0.4, 0.5) is 19.0 Å². The second-order valence-electron chi connectivity index (χ2n) is 11.3. The third-order valence-electron chi connectivity index (χ3n) is 8.38. The Labute approximate surface area is 263 Å². The van der Waals surface area contributed by atoms with E-state index in [9.17, 15) is 18.0 Å². The van der Waals surface area contributed by atoms with Gasteiger partial charge in [0, 0.05) is 50.1 Å². The van der Waals surface area contributed by atoms with Gasteiger partial charge < -0.3 is 16.0 Å². The molecule has 1 atom stereocenters. The Morgan fingerprint density at radius 2 is 1.85 bits per heavy atom. The fourth-order valence-electron chi connectivity index (χ4n) is 5.92. The van der Waals surface area contributed by atoms with Crippen molar-refractivity contribution in [3.63, 3.8) is 0 Å². The third kappa shape index (κ3) is 6.23. The van der Waals surface area contributed by atoms with Crippen molar-refractivity contribution in [3.05, 3.63) is 84.7 Å². The second-order valence-corrected chi connectivity index (χ2v) is 11.3. The molecule has 1 aromatic carbocycles. The van der Waals surface area contributed by atoms with Crippen LogP contribution in [0.15, 0.2) is 73.6 Å². The molecule has 13 heteroatoms. The molecule has 46 heavy (non-hydrogen) atoms. The molecule has 1 unspecified atom stereocenters. The highest BCUT2D eigenvalue weighted by Crippen LogP contribution is 2.34. The molecule has 5 heterocycles. The SMILES string of the molecule is C=CC(=O)N1CCC(NC)CC1.Nc1ncccc1-c1nc2ccc(-c3ccn(C(F)F)n3)nc2n1-c1ccc2c(c1)CC(F)C2. The molecule has 10 nitrogen and oxygen atoms in total. The highest BCUT2D eigenvalue weighted by Gasteiger charge is 2.24. The van der Waals surface area contributed by atoms with Gasteiger partial charge in [0.05, 0.1) is 11.3 Å². The first-order valence-electron chi connectivity index (χ1n) is 15.0. The van der Waals surface area contributed by atoms with Crippen LogP contribution in [0.2, 0.25) is 0 Å². The van der Waals surface area contributed by atoms with E-state index in [4.69, 9.17) is 15.7 Å². The van der Waals surface area contributed by atoms with Crippen LogP contribution in [0.3, 0.4) is 0 Å². The number of nitrogens with two attached hydrogens (primary N) is 1. The molecule has 1 aliphatic heterocycles. The van der Waals surface area contributed by atoms with E-state index in [0.29, 0.717) is 63.3 Å². The molecule has 7 rings (SSSR count). The zero-order valence-corrected chi connectivity index (χ0v) is 25.3. The van der Waals surface area contributed by atoms with Crippen molar-refractivity contribution < 1.29 is 18.0 Å². The second kappa shape index (κ2) is 13.1. The number of likely N-dealkylation sites (tertiary alicyclic amines) is 1. The molecular formula is C33H34F3N9O. The Bertz CT molecular complexity index is 1880. The lowest BCUT2D eigenvalue weighted by Gasteiger charge is -2.30. The highest BCUT2D eigenvalue weighted by atomic mass is 19.3. The zero-order valence-electron chi connectivity index (χ0n) is 25.3. The zero-order chi connectivity index (χ0) is 32.4. The molecule has 2 aliphatic rings. The van der Waals surface area contributed by atoms with Gasteiger partial charge in [-0.2, -0.15) is 13.9 Å². The number of hydrogen-bond acceptors (Lipinski definition) is 7. The topological polar surface area (TPSA) is 120 Å². The lowest BCUT2D eigenvalue weighted by Crippen LogP contribution is -2.43. The van der Waals surface area contributed by atoms with E-state index < -0.39 is 12.7 Å². The summed E-state index contributed by atoms with van der Waals surface area (Å²) in [5, 5.41) is 7.14. The Morgan fingerprint density at radius 3 is 2.54 bits per heavy atom. The fourth-order valence-corrected chi connectivity index (χ4v) is 5.92. The number of fused-ring (bicyclic) bond motifs is 2. The van der Waals surface area contributed by atoms with Crippen molar-refractivity contribution in [2.24, 2.45) is 0 Å². The number of rotatable bonds is 6. The molecular weight excluding hydrogens is 595 g/mol. The Kier molecular flexibility index (Phi) is 8.84. The summed E-state index contributed by atoms with van der Waals surface area (Å²) in [5.74, 6) is 0.891. The minimum atomic E-state index is -2.74. The summed E-state index contributed by atoms with van der Waals surface area (Å²) in [5.41, 5.74) is 11.3. The molecule has 238 valence electrons. The van der Waals surface area contributed by atoms with Crippen LogP contribution in [0.25, 0.3) is 39.6 Å². The largest absolute Gasteiger partial charge is 0.383 e. The van der Waals surface area contributed by atoms with E-state index >= 15 is 0 Å². The third-order valence-corrected chi connectivity index (χ3v) is 8.38. The number of piperidine rings is 1. The first kappa shape index (κ1) is 31.0. The van der Waals surface area contributed by atoms with Crippen LogP contribution >= 0.6 is 0 Å². The van der Waals surface area contributed by atoms with Gasteiger partial charge in [-0.25, -0.2) is 24.0 Å². The summed E-state index contributed by atoms with van der Waals surface area (Å²) in [6.45, 7) is 2.44. The van der Waals surface area contributed by atoms with E-state index in [-0.39, 0.29) is 5.91 Å². The van der Waals surface area contributed by atoms with Gasteiger partial charge in [0.2, 0.25) is 5.91 Å². The van der Waals surface area contributed by atoms with Crippen LogP contribution in [0.5, 0.6) is 0 Å². The number of nitrogen functional groups attached to an aromatic ring is 1. The standard InChI is InChI=1S/C24H18F3N7.C9H16N2O/c25-15-10-13-3-4-16(12-14(13)11-15)34-22(17-2-1-8-29-21(17)28)31-20-6-5-18(30-23(20)34)19-7-9-33(32-19)24(26)27;1-3-9(12)11-6-4-8(10-2)5-7-11/h1-9,12,15,24H,10-11H2,(H2,28,29);3,8,10H,1,4-7H2,2H3. The maximum absolute atomic E-state index is 14.0. The number of carbonyl (C=O) groups excluding carboxylic acids is 1. The smallest absolute Gasteiger partial charge is 0.333 e. The number of imidazole rings is 1. The number of benzene rings is 1. The number of anilines is 1. The number of aromatic nitrogens is 6. The monoisotopic (exact) mass is 629 g/mol. The molecule has 0 saturated carbocycles. The van der Waals surface area contributed by atoms with Gasteiger partial charge in [0.25, 0.3) is 0 Å². The molecule has 0 spiro atoms. The van der Waals surface area contributed by atoms with E-state index in [0.717, 1.165) is 42.7 Å². The van der Waals surface area contributed by atoms with Crippen LogP contribution in [-0.4, -0.2) is 72.5 Å². The quantitative estimate of drug-likeness (QED) is 0.250. The number of carbonyl (C=O) groups is 1. The maximum atomic E-state index is 14.0. The number of hydrogen-bond donors (Lipinski definition) is 2. The van der Waals surface area contributed by atoms with Crippen LogP contribution in [0, 0.1) is 0 Å². The lowest BCUT2D eigenvalue weighted by atomic mass is 10.1. The number of pyridine rings is 2. The minimum absolute atomic E-state index is 0.0598. The van der Waals surface area contributed by atoms with Crippen LogP contribution in [-0.2, 0) is 17.6 Å². The minimum Gasteiger partial charge on any atom is -0.383 e. The normalized spacial score (nSPS) is 16.4. The Hall–Kier alpha value is -5.04. The number of halogens is 3. The van der Waals surface area contributed by atoms with E-state index in [1.54, 1.807) is 24.4 Å². The van der Waals surface area contributed by atoms with Gasteiger partial charge in [-0.3, -0.25) is 9.36 Å². The van der Waals surface area contributed by atoms with Crippen molar-refractivity contribution in [2.75, 3.05) is 25.9 Å². The fraction of sp³-hybridized carbons (Fsp3) is 0.303. The van der Waals surface area contributed by atoms with Crippen molar-refractivity contribution >= 4 is 22.9 Å². The first-order valence-corrected chi connectivity index (χ1v) is 15.0. The predicted octanol–water partition coefficient (Wildman–Crippen LogP) is 5.14. The molecule has 1 fully saturated rings. The lowest BCUT2D eigenvalue weighted by molar-refractivity contribution is -0.127. The molecule has 3 N–H and O–H groups in total. The van der Waals surface area contributed by atoms with Gasteiger partial charge in [0.1, 0.15) is 23.2 Å². The van der Waals surface area contributed by atoms with Gasteiger partial charge in [-0.05, 0) is 79.6 Å². The average Bonchev–Trinajstić information content (AvgIpc) is 3.81. The summed E-state index contributed by atoms with van der Waals surface area (Å²) in [6, 6.07) is 14.8. The first-order chi connectivity index (χ1) is 22.2. The van der Waals surface area contributed by atoms with Gasteiger partial charge in [-0.15, -0.1) is 0 Å². The van der Waals surface area contributed by atoms with Gasteiger partial charge in [-0.1, -0.05) is 12.6 Å². The highest BCUT2D eigenvalue weighted by molar-refractivity contribution is 5.87. The Balaban J connectivity index is 0.000000262. The van der Waals surface area contributed by atoms with E-state index in [1.807, 2.05) is 40.8 Å². The van der Waals surface area contributed by atoms with Crippen molar-refractivity contribution in [3.8, 4) is 28.5 Å². The number of amides is 1. The molecule has 1 aliphatic carbocycles. The van der Waals surface area contributed by atoms with Crippen molar-refractivity contribution in [2.45, 2.75) is 44.4 Å². The van der Waals surface area contributed by atoms with Crippen molar-refractivity contribution in [1.82, 2.24) is 39.5 Å². The summed E-state index contributed by atoms with van der Waals surface area (Å²) in [7, 11) is 1.97. The summed E-state index contributed by atoms with van der Waals surface area (Å²) in [6.07, 6.45) is 6.15. The molecule has 0 bridgehead atoms. The number of alkyl halides is 3. The van der Waals surface area contributed by atoms with Crippen molar-refractivity contribution in [1.29, 1.82) is 0 Å². The maximum Gasteiger partial charge on any atom is 0.333 e. The van der Waals surface area contributed by atoms with Crippen LogP contribution < -0.4 is 11.1 Å².